The van der Waals surface area contributed by atoms with Crippen molar-refractivity contribution in [3.8, 4) is 0 Å². The van der Waals surface area contributed by atoms with Gasteiger partial charge in [-0.1, -0.05) is 39.5 Å². The quantitative estimate of drug-likeness (QED) is 0.825. The van der Waals surface area contributed by atoms with E-state index in [1.165, 1.54) is 58.0 Å². The Morgan fingerprint density at radius 2 is 1.94 bits per heavy atom. The van der Waals surface area contributed by atoms with Crippen LogP contribution in [0.3, 0.4) is 0 Å². The van der Waals surface area contributed by atoms with E-state index < -0.39 is 0 Å². The molecule has 1 aliphatic heterocycles. The van der Waals surface area contributed by atoms with Gasteiger partial charge in [0, 0.05) is 31.2 Å². The number of hydrogen-bond acceptors (Lipinski definition) is 2. The van der Waals surface area contributed by atoms with Crippen LogP contribution in [-0.2, 0) is 0 Å². The van der Waals surface area contributed by atoms with Crippen LogP contribution >= 0.6 is 0 Å². The zero-order valence-electron chi connectivity index (χ0n) is 12.6. The van der Waals surface area contributed by atoms with Gasteiger partial charge >= 0.3 is 0 Å². The molecule has 4 unspecified atom stereocenters. The lowest BCUT2D eigenvalue weighted by Crippen LogP contribution is -2.60. The molecule has 1 saturated carbocycles. The molecule has 2 nitrogen and oxygen atoms in total. The van der Waals surface area contributed by atoms with Gasteiger partial charge in [-0.2, -0.15) is 0 Å². The second-order valence-electron chi connectivity index (χ2n) is 6.46. The molecule has 2 fully saturated rings. The van der Waals surface area contributed by atoms with Gasteiger partial charge in [0.15, 0.2) is 0 Å². The minimum Gasteiger partial charge on any atom is -0.311 e. The molecule has 1 heterocycles. The predicted molar refractivity (Wildman–Crippen MR) is 78.9 cm³/mol. The second-order valence-corrected chi connectivity index (χ2v) is 6.46. The third-order valence-corrected chi connectivity index (χ3v) is 5.16. The van der Waals surface area contributed by atoms with Crippen LogP contribution in [0.2, 0.25) is 0 Å². The summed E-state index contributed by atoms with van der Waals surface area (Å²) in [6, 6.07) is 2.35. The van der Waals surface area contributed by atoms with Crippen LogP contribution in [0.15, 0.2) is 0 Å². The lowest BCUT2D eigenvalue weighted by Gasteiger charge is -2.47. The normalized spacial score (nSPS) is 38.8. The van der Waals surface area contributed by atoms with Crippen molar-refractivity contribution < 1.29 is 0 Å². The Bertz CT molecular complexity index is 241. The van der Waals surface area contributed by atoms with Gasteiger partial charge in [-0.05, 0) is 32.1 Å². The predicted octanol–water partition coefficient (Wildman–Crippen LogP) is 3.42. The SMILES string of the molecule is CCCC1CN(C2CCCCC2CC)C(C)CN1. The van der Waals surface area contributed by atoms with Gasteiger partial charge < -0.3 is 5.32 Å². The largest absolute Gasteiger partial charge is 0.311 e. The monoisotopic (exact) mass is 252 g/mol. The van der Waals surface area contributed by atoms with Crippen LogP contribution in [0.4, 0.5) is 0 Å². The first-order chi connectivity index (χ1) is 8.76. The smallest absolute Gasteiger partial charge is 0.0196 e. The topological polar surface area (TPSA) is 15.3 Å². The molecule has 1 N–H and O–H groups in total. The Labute approximate surface area is 114 Å². The van der Waals surface area contributed by atoms with Crippen molar-refractivity contribution in [1.82, 2.24) is 10.2 Å². The highest BCUT2D eigenvalue weighted by Crippen LogP contribution is 2.32. The Kier molecular flexibility index (Phi) is 5.50. The Hall–Kier alpha value is -0.0800. The molecule has 18 heavy (non-hydrogen) atoms. The Balaban J connectivity index is 1.99. The number of nitrogens with zero attached hydrogens (tertiary/aromatic N) is 1. The van der Waals surface area contributed by atoms with E-state index in [0.717, 1.165) is 24.0 Å². The molecule has 2 rings (SSSR count). The van der Waals surface area contributed by atoms with Crippen LogP contribution in [0.1, 0.15) is 65.7 Å². The molecule has 1 saturated heterocycles. The molecule has 2 heteroatoms. The summed E-state index contributed by atoms with van der Waals surface area (Å²) >= 11 is 0. The van der Waals surface area contributed by atoms with Crippen LogP contribution in [0, 0.1) is 5.92 Å². The minimum absolute atomic E-state index is 0.732. The van der Waals surface area contributed by atoms with Gasteiger partial charge in [0.1, 0.15) is 0 Å². The van der Waals surface area contributed by atoms with Gasteiger partial charge in [-0.3, -0.25) is 4.90 Å². The summed E-state index contributed by atoms with van der Waals surface area (Å²) in [5, 5.41) is 3.73. The molecule has 2 aliphatic rings. The summed E-state index contributed by atoms with van der Waals surface area (Å²) in [7, 11) is 0. The van der Waals surface area contributed by atoms with E-state index in [0.29, 0.717) is 0 Å². The van der Waals surface area contributed by atoms with Crippen LogP contribution in [-0.4, -0.2) is 36.1 Å². The van der Waals surface area contributed by atoms with Gasteiger partial charge in [0.25, 0.3) is 0 Å². The minimum atomic E-state index is 0.732. The standard InChI is InChI=1S/C16H32N2/c1-4-8-15-12-18(13(3)11-17-15)16-10-7-6-9-14(16)5-2/h13-17H,4-12H2,1-3H3. The highest BCUT2D eigenvalue weighted by molar-refractivity contribution is 4.91. The molecule has 0 bridgehead atoms. The number of hydrogen-bond donors (Lipinski definition) is 1. The van der Waals surface area contributed by atoms with Crippen molar-refractivity contribution in [3.63, 3.8) is 0 Å². The fourth-order valence-corrected chi connectivity index (χ4v) is 4.06. The van der Waals surface area contributed by atoms with E-state index in [2.05, 4.69) is 31.0 Å². The fraction of sp³-hybridized carbons (Fsp3) is 1.00. The lowest BCUT2D eigenvalue weighted by atomic mass is 9.81. The molecule has 0 amide bonds. The maximum atomic E-state index is 3.73. The molecule has 0 aromatic heterocycles. The molecule has 4 atom stereocenters. The number of piperazine rings is 1. The molecule has 0 aromatic rings. The first kappa shape index (κ1) is 14.3. The maximum Gasteiger partial charge on any atom is 0.0196 e. The highest BCUT2D eigenvalue weighted by atomic mass is 15.3. The third-order valence-electron chi connectivity index (χ3n) is 5.16. The van der Waals surface area contributed by atoms with Crippen LogP contribution < -0.4 is 5.32 Å². The summed E-state index contributed by atoms with van der Waals surface area (Å²) in [4.78, 5) is 2.85. The average molecular weight is 252 g/mol. The van der Waals surface area contributed by atoms with E-state index in [4.69, 9.17) is 0 Å². The number of nitrogens with one attached hydrogen (secondary N) is 1. The summed E-state index contributed by atoms with van der Waals surface area (Å²) in [6.07, 6.45) is 9.86. The third kappa shape index (κ3) is 3.27. The van der Waals surface area contributed by atoms with Gasteiger partial charge in [0.05, 0.1) is 0 Å². The van der Waals surface area contributed by atoms with Crippen molar-refractivity contribution in [2.75, 3.05) is 13.1 Å². The van der Waals surface area contributed by atoms with Gasteiger partial charge in [-0.15, -0.1) is 0 Å². The lowest BCUT2D eigenvalue weighted by molar-refractivity contribution is 0.0345. The second kappa shape index (κ2) is 6.91. The molecular formula is C16H32N2. The first-order valence-corrected chi connectivity index (χ1v) is 8.25. The van der Waals surface area contributed by atoms with Crippen molar-refractivity contribution in [3.05, 3.63) is 0 Å². The van der Waals surface area contributed by atoms with Crippen molar-refractivity contribution in [1.29, 1.82) is 0 Å². The maximum absolute atomic E-state index is 3.73. The fourth-order valence-electron chi connectivity index (χ4n) is 4.06. The summed E-state index contributed by atoms with van der Waals surface area (Å²) in [5.74, 6) is 0.960. The van der Waals surface area contributed by atoms with Crippen molar-refractivity contribution >= 4 is 0 Å². The zero-order chi connectivity index (χ0) is 13.0. The van der Waals surface area contributed by atoms with E-state index in [9.17, 15) is 0 Å². The molecular weight excluding hydrogens is 220 g/mol. The van der Waals surface area contributed by atoms with Crippen molar-refractivity contribution in [2.45, 2.75) is 83.8 Å². The van der Waals surface area contributed by atoms with E-state index in [1.54, 1.807) is 0 Å². The van der Waals surface area contributed by atoms with E-state index >= 15 is 0 Å². The van der Waals surface area contributed by atoms with Crippen LogP contribution in [0.25, 0.3) is 0 Å². The zero-order valence-corrected chi connectivity index (χ0v) is 12.6. The first-order valence-electron chi connectivity index (χ1n) is 8.25. The summed E-state index contributed by atoms with van der Waals surface area (Å²) in [5.41, 5.74) is 0. The van der Waals surface area contributed by atoms with Crippen LogP contribution in [0.5, 0.6) is 0 Å². The van der Waals surface area contributed by atoms with E-state index in [-0.39, 0.29) is 0 Å². The molecule has 1 aliphatic carbocycles. The molecule has 106 valence electrons. The number of rotatable bonds is 4. The molecule has 0 spiro atoms. The van der Waals surface area contributed by atoms with E-state index in [1.807, 2.05) is 0 Å². The Morgan fingerprint density at radius 1 is 1.17 bits per heavy atom. The average Bonchev–Trinajstić information content (AvgIpc) is 2.41. The molecule has 0 radical (unpaired) electrons. The van der Waals surface area contributed by atoms with Gasteiger partial charge in [-0.25, -0.2) is 0 Å². The van der Waals surface area contributed by atoms with Gasteiger partial charge in [0.2, 0.25) is 0 Å². The Morgan fingerprint density at radius 3 is 2.67 bits per heavy atom. The molecule has 0 aromatic carbocycles. The van der Waals surface area contributed by atoms with Crippen molar-refractivity contribution in [2.24, 2.45) is 5.92 Å². The summed E-state index contributed by atoms with van der Waals surface area (Å²) in [6.45, 7) is 9.59. The summed E-state index contributed by atoms with van der Waals surface area (Å²) < 4.78 is 0. The highest BCUT2D eigenvalue weighted by Gasteiger charge is 2.34.